The summed E-state index contributed by atoms with van der Waals surface area (Å²) in [5, 5.41) is 0. The summed E-state index contributed by atoms with van der Waals surface area (Å²) >= 11 is 0. The van der Waals surface area contributed by atoms with Crippen LogP contribution in [0.15, 0.2) is 11.6 Å². The minimum Gasteiger partial charge on any atom is -0.0856 e. The summed E-state index contributed by atoms with van der Waals surface area (Å²) in [4.78, 5) is 0. The number of allylic oxidation sites excluding steroid dienone is 2. The van der Waals surface area contributed by atoms with Gasteiger partial charge < -0.3 is 0 Å². The van der Waals surface area contributed by atoms with Crippen LogP contribution in [0.1, 0.15) is 47.5 Å². The van der Waals surface area contributed by atoms with Crippen molar-refractivity contribution in [3.63, 3.8) is 0 Å². The maximum Gasteiger partial charge on any atom is -0.0317 e. The van der Waals surface area contributed by atoms with E-state index in [1.807, 2.05) is 0 Å². The van der Waals surface area contributed by atoms with E-state index in [2.05, 4.69) is 40.7 Å². The van der Waals surface area contributed by atoms with Gasteiger partial charge in [0.15, 0.2) is 0 Å². The molecule has 0 fully saturated rings. The minimum atomic E-state index is 0.829. The summed E-state index contributed by atoms with van der Waals surface area (Å²) < 4.78 is 0. The Labute approximate surface area is 71.7 Å². The second-order valence-corrected chi connectivity index (χ2v) is 3.93. The van der Waals surface area contributed by atoms with E-state index in [1.54, 1.807) is 0 Å². The number of hydrogen-bond acceptors (Lipinski definition) is 0. The Bertz CT molecular complexity index is 116. The van der Waals surface area contributed by atoms with Crippen LogP contribution in [-0.4, -0.2) is 0 Å². The molecule has 0 rings (SSSR count). The lowest BCUT2D eigenvalue weighted by atomic mass is 9.90. The fourth-order valence-electron chi connectivity index (χ4n) is 1.30. The van der Waals surface area contributed by atoms with Crippen molar-refractivity contribution in [2.75, 3.05) is 0 Å². The molecule has 0 saturated carbocycles. The number of hydrogen-bond donors (Lipinski definition) is 0. The van der Waals surface area contributed by atoms with E-state index in [9.17, 15) is 0 Å². The Balaban J connectivity index is 3.79. The van der Waals surface area contributed by atoms with Gasteiger partial charge in [-0.15, -0.1) is 0 Å². The second-order valence-electron chi connectivity index (χ2n) is 3.93. The highest BCUT2D eigenvalue weighted by atomic mass is 14.1. The maximum atomic E-state index is 2.36. The Hall–Kier alpha value is -0.260. The standard InChI is InChI=1S/C11H22/c1-6-11(10(4)5)8-7-9(2)3/h7,10-11H,6,8H2,1-5H3. The summed E-state index contributed by atoms with van der Waals surface area (Å²) in [5.41, 5.74) is 1.45. The van der Waals surface area contributed by atoms with Crippen LogP contribution < -0.4 is 0 Å². The van der Waals surface area contributed by atoms with E-state index in [0.717, 1.165) is 11.8 Å². The monoisotopic (exact) mass is 154 g/mol. The lowest BCUT2D eigenvalue weighted by Crippen LogP contribution is -2.05. The largest absolute Gasteiger partial charge is 0.0856 e. The van der Waals surface area contributed by atoms with Gasteiger partial charge in [-0.1, -0.05) is 38.8 Å². The molecule has 0 aliphatic carbocycles. The van der Waals surface area contributed by atoms with Crippen molar-refractivity contribution in [1.29, 1.82) is 0 Å². The highest BCUT2D eigenvalue weighted by Crippen LogP contribution is 2.19. The van der Waals surface area contributed by atoms with Gasteiger partial charge in [-0.25, -0.2) is 0 Å². The Morgan fingerprint density at radius 3 is 2.09 bits per heavy atom. The van der Waals surface area contributed by atoms with Crippen LogP contribution >= 0.6 is 0 Å². The zero-order valence-electron chi connectivity index (χ0n) is 8.65. The molecule has 0 radical (unpaired) electrons. The van der Waals surface area contributed by atoms with Crippen molar-refractivity contribution in [3.05, 3.63) is 11.6 Å². The molecule has 0 saturated heterocycles. The average molecular weight is 154 g/mol. The van der Waals surface area contributed by atoms with Crippen LogP contribution in [0.3, 0.4) is 0 Å². The average Bonchev–Trinajstić information content (AvgIpc) is 1.87. The first-order valence-corrected chi connectivity index (χ1v) is 4.71. The van der Waals surface area contributed by atoms with Crippen molar-refractivity contribution in [2.45, 2.75) is 47.5 Å². The predicted octanol–water partition coefficient (Wildman–Crippen LogP) is 4.02. The van der Waals surface area contributed by atoms with Crippen LogP contribution in [0.25, 0.3) is 0 Å². The smallest absolute Gasteiger partial charge is 0.0317 e. The second kappa shape index (κ2) is 5.40. The van der Waals surface area contributed by atoms with Crippen LogP contribution in [0, 0.1) is 11.8 Å². The molecule has 0 aromatic heterocycles. The van der Waals surface area contributed by atoms with Crippen molar-refractivity contribution >= 4 is 0 Å². The lowest BCUT2D eigenvalue weighted by molar-refractivity contribution is 0.376. The van der Waals surface area contributed by atoms with Crippen LogP contribution in [0.2, 0.25) is 0 Å². The quantitative estimate of drug-likeness (QED) is 0.536. The fourth-order valence-corrected chi connectivity index (χ4v) is 1.30. The van der Waals surface area contributed by atoms with Crippen molar-refractivity contribution in [1.82, 2.24) is 0 Å². The first kappa shape index (κ1) is 10.7. The third kappa shape index (κ3) is 5.06. The highest BCUT2D eigenvalue weighted by molar-refractivity contribution is 4.94. The van der Waals surface area contributed by atoms with E-state index in [0.29, 0.717) is 0 Å². The van der Waals surface area contributed by atoms with Crippen LogP contribution in [0.5, 0.6) is 0 Å². The third-order valence-electron chi connectivity index (χ3n) is 2.30. The summed E-state index contributed by atoms with van der Waals surface area (Å²) in [6.45, 7) is 11.3. The molecule has 0 bridgehead atoms. The van der Waals surface area contributed by atoms with Gasteiger partial charge in [-0.2, -0.15) is 0 Å². The normalized spacial score (nSPS) is 13.3. The van der Waals surface area contributed by atoms with Gasteiger partial charge in [-0.3, -0.25) is 0 Å². The molecule has 0 spiro atoms. The summed E-state index contributed by atoms with van der Waals surface area (Å²) in [5.74, 6) is 1.71. The molecule has 0 aliphatic rings. The molecule has 1 unspecified atom stereocenters. The molecule has 0 N–H and O–H groups in total. The van der Waals surface area contributed by atoms with Gasteiger partial charge in [-0.05, 0) is 32.1 Å². The third-order valence-corrected chi connectivity index (χ3v) is 2.30. The molecule has 0 nitrogen and oxygen atoms in total. The van der Waals surface area contributed by atoms with E-state index < -0.39 is 0 Å². The molecule has 66 valence electrons. The van der Waals surface area contributed by atoms with Gasteiger partial charge >= 0.3 is 0 Å². The molecule has 0 aromatic rings. The van der Waals surface area contributed by atoms with Gasteiger partial charge in [0.1, 0.15) is 0 Å². The summed E-state index contributed by atoms with van der Waals surface area (Å²) in [6, 6.07) is 0. The fraction of sp³-hybridized carbons (Fsp3) is 0.818. The molecular weight excluding hydrogens is 132 g/mol. The first-order chi connectivity index (χ1) is 5.07. The Morgan fingerprint density at radius 1 is 1.27 bits per heavy atom. The maximum absolute atomic E-state index is 2.36. The molecule has 11 heavy (non-hydrogen) atoms. The van der Waals surface area contributed by atoms with Gasteiger partial charge in [0.2, 0.25) is 0 Å². The first-order valence-electron chi connectivity index (χ1n) is 4.71. The minimum absolute atomic E-state index is 0.829. The van der Waals surface area contributed by atoms with E-state index in [1.165, 1.54) is 18.4 Å². The Kier molecular flexibility index (Phi) is 5.27. The summed E-state index contributed by atoms with van der Waals surface area (Å²) in [7, 11) is 0. The lowest BCUT2D eigenvalue weighted by Gasteiger charge is -2.16. The molecular formula is C11H22. The predicted molar refractivity (Wildman–Crippen MR) is 52.7 cm³/mol. The van der Waals surface area contributed by atoms with Gasteiger partial charge in [0, 0.05) is 0 Å². The molecule has 0 aliphatic heterocycles. The molecule has 0 heterocycles. The van der Waals surface area contributed by atoms with Crippen LogP contribution in [-0.2, 0) is 0 Å². The van der Waals surface area contributed by atoms with Gasteiger partial charge in [0.25, 0.3) is 0 Å². The molecule has 0 aromatic carbocycles. The van der Waals surface area contributed by atoms with Gasteiger partial charge in [0.05, 0.1) is 0 Å². The zero-order valence-corrected chi connectivity index (χ0v) is 8.65. The van der Waals surface area contributed by atoms with E-state index >= 15 is 0 Å². The van der Waals surface area contributed by atoms with E-state index in [-0.39, 0.29) is 0 Å². The van der Waals surface area contributed by atoms with Crippen molar-refractivity contribution in [2.24, 2.45) is 11.8 Å². The zero-order chi connectivity index (χ0) is 8.85. The molecule has 0 heteroatoms. The van der Waals surface area contributed by atoms with Crippen LogP contribution in [0.4, 0.5) is 0 Å². The van der Waals surface area contributed by atoms with Crippen molar-refractivity contribution in [3.8, 4) is 0 Å². The molecule has 1 atom stereocenters. The SMILES string of the molecule is CCC(CC=C(C)C)C(C)C. The highest BCUT2D eigenvalue weighted by Gasteiger charge is 2.08. The van der Waals surface area contributed by atoms with Crippen molar-refractivity contribution < 1.29 is 0 Å². The topological polar surface area (TPSA) is 0 Å². The molecule has 0 amide bonds. The summed E-state index contributed by atoms with van der Waals surface area (Å²) in [6.07, 6.45) is 4.92. The number of rotatable bonds is 4. The van der Waals surface area contributed by atoms with E-state index in [4.69, 9.17) is 0 Å². The Morgan fingerprint density at radius 2 is 1.82 bits per heavy atom.